The minimum absolute atomic E-state index is 0.190. The van der Waals surface area contributed by atoms with Gasteiger partial charge in [0.25, 0.3) is 0 Å². The van der Waals surface area contributed by atoms with E-state index in [-0.39, 0.29) is 5.54 Å². The summed E-state index contributed by atoms with van der Waals surface area (Å²) in [4.78, 5) is 0. The summed E-state index contributed by atoms with van der Waals surface area (Å²) in [6.07, 6.45) is 1.07. The standard InChI is InChI=1S/C12H19N/c1-10-5-7-11(8-6-10)9-12(2,3)13-4/h5-8,13H,9H2,1-4H3. The highest BCUT2D eigenvalue weighted by atomic mass is 14.9. The summed E-state index contributed by atoms with van der Waals surface area (Å²) in [7, 11) is 2.01. The number of likely N-dealkylation sites (N-methyl/N-ethyl adjacent to an activating group) is 1. The van der Waals surface area contributed by atoms with Gasteiger partial charge in [0, 0.05) is 5.54 Å². The Morgan fingerprint density at radius 3 is 2.15 bits per heavy atom. The van der Waals surface area contributed by atoms with Crippen LogP contribution in [-0.2, 0) is 6.42 Å². The summed E-state index contributed by atoms with van der Waals surface area (Å²) in [6, 6.07) is 8.74. The molecule has 0 heterocycles. The second kappa shape index (κ2) is 3.93. The van der Waals surface area contributed by atoms with Gasteiger partial charge in [0.15, 0.2) is 0 Å². The van der Waals surface area contributed by atoms with Gasteiger partial charge in [0.1, 0.15) is 0 Å². The molecule has 0 saturated carbocycles. The fourth-order valence-electron chi connectivity index (χ4n) is 1.30. The first-order valence-electron chi connectivity index (χ1n) is 4.78. The van der Waals surface area contributed by atoms with E-state index in [4.69, 9.17) is 0 Å². The number of aryl methyl sites for hydroxylation is 1. The average Bonchev–Trinajstić information content (AvgIpc) is 2.09. The van der Waals surface area contributed by atoms with E-state index >= 15 is 0 Å². The first-order valence-corrected chi connectivity index (χ1v) is 4.78. The van der Waals surface area contributed by atoms with Crippen molar-refractivity contribution >= 4 is 0 Å². The van der Waals surface area contributed by atoms with Crippen LogP contribution >= 0.6 is 0 Å². The number of rotatable bonds is 3. The van der Waals surface area contributed by atoms with E-state index in [9.17, 15) is 0 Å². The molecule has 0 saturated heterocycles. The quantitative estimate of drug-likeness (QED) is 0.748. The monoisotopic (exact) mass is 177 g/mol. The number of nitrogens with one attached hydrogen (secondary N) is 1. The van der Waals surface area contributed by atoms with Crippen LogP contribution in [0.15, 0.2) is 24.3 Å². The minimum Gasteiger partial charge on any atom is -0.314 e. The molecule has 0 radical (unpaired) electrons. The molecule has 0 atom stereocenters. The average molecular weight is 177 g/mol. The van der Waals surface area contributed by atoms with E-state index in [2.05, 4.69) is 50.4 Å². The predicted molar refractivity (Wildman–Crippen MR) is 58.0 cm³/mol. The molecule has 0 amide bonds. The molecule has 1 rings (SSSR count). The van der Waals surface area contributed by atoms with Crippen molar-refractivity contribution in [2.75, 3.05) is 7.05 Å². The highest BCUT2D eigenvalue weighted by molar-refractivity contribution is 5.22. The third-order valence-electron chi connectivity index (χ3n) is 2.44. The van der Waals surface area contributed by atoms with Gasteiger partial charge in [-0.2, -0.15) is 0 Å². The molecule has 0 aromatic heterocycles. The van der Waals surface area contributed by atoms with Crippen molar-refractivity contribution in [1.82, 2.24) is 5.32 Å². The number of benzene rings is 1. The maximum atomic E-state index is 3.30. The molecule has 1 aromatic rings. The molecular formula is C12H19N. The van der Waals surface area contributed by atoms with E-state index in [1.54, 1.807) is 0 Å². The lowest BCUT2D eigenvalue weighted by atomic mass is 9.95. The van der Waals surface area contributed by atoms with Crippen molar-refractivity contribution < 1.29 is 0 Å². The van der Waals surface area contributed by atoms with Crippen LogP contribution in [0.4, 0.5) is 0 Å². The normalized spacial score (nSPS) is 11.7. The van der Waals surface area contributed by atoms with Crippen LogP contribution in [0, 0.1) is 6.92 Å². The van der Waals surface area contributed by atoms with Crippen LogP contribution in [0.3, 0.4) is 0 Å². The Bertz CT molecular complexity index is 259. The highest BCUT2D eigenvalue weighted by Crippen LogP contribution is 2.12. The first-order chi connectivity index (χ1) is 6.03. The van der Waals surface area contributed by atoms with E-state index in [1.165, 1.54) is 11.1 Å². The van der Waals surface area contributed by atoms with Gasteiger partial charge < -0.3 is 5.32 Å². The third kappa shape index (κ3) is 3.19. The van der Waals surface area contributed by atoms with Gasteiger partial charge in [-0.1, -0.05) is 29.8 Å². The van der Waals surface area contributed by atoms with Gasteiger partial charge in [0.2, 0.25) is 0 Å². The van der Waals surface area contributed by atoms with E-state index in [1.807, 2.05) is 7.05 Å². The van der Waals surface area contributed by atoms with Crippen LogP contribution in [0.1, 0.15) is 25.0 Å². The second-order valence-electron chi connectivity index (χ2n) is 4.30. The summed E-state index contributed by atoms with van der Waals surface area (Å²) >= 11 is 0. The maximum absolute atomic E-state index is 3.30. The number of hydrogen-bond donors (Lipinski definition) is 1. The van der Waals surface area contributed by atoms with Crippen LogP contribution in [0.25, 0.3) is 0 Å². The zero-order valence-corrected chi connectivity index (χ0v) is 9.02. The summed E-state index contributed by atoms with van der Waals surface area (Å²) in [5, 5.41) is 3.30. The van der Waals surface area contributed by atoms with Crippen LogP contribution in [0.5, 0.6) is 0 Å². The van der Waals surface area contributed by atoms with Crippen LogP contribution < -0.4 is 5.32 Å². The zero-order valence-electron chi connectivity index (χ0n) is 9.02. The van der Waals surface area contributed by atoms with Crippen molar-refractivity contribution in [2.24, 2.45) is 0 Å². The molecule has 0 fully saturated rings. The summed E-state index contributed by atoms with van der Waals surface area (Å²) in [6.45, 7) is 6.55. The fraction of sp³-hybridized carbons (Fsp3) is 0.500. The Morgan fingerprint density at radius 2 is 1.69 bits per heavy atom. The fourth-order valence-corrected chi connectivity index (χ4v) is 1.30. The Balaban J connectivity index is 2.69. The van der Waals surface area contributed by atoms with Gasteiger partial charge >= 0.3 is 0 Å². The molecule has 0 aliphatic carbocycles. The topological polar surface area (TPSA) is 12.0 Å². The molecule has 0 bridgehead atoms. The number of hydrogen-bond acceptors (Lipinski definition) is 1. The van der Waals surface area contributed by atoms with E-state index in [0.29, 0.717) is 0 Å². The van der Waals surface area contributed by atoms with Crippen LogP contribution in [0.2, 0.25) is 0 Å². The molecular weight excluding hydrogens is 158 g/mol. The molecule has 0 aliphatic heterocycles. The Hall–Kier alpha value is -0.820. The van der Waals surface area contributed by atoms with Gasteiger partial charge in [0.05, 0.1) is 0 Å². The Labute approximate surface area is 81.2 Å². The molecule has 1 aromatic carbocycles. The van der Waals surface area contributed by atoms with Crippen molar-refractivity contribution in [3.05, 3.63) is 35.4 Å². The predicted octanol–water partition coefficient (Wildman–Crippen LogP) is 2.54. The minimum atomic E-state index is 0.190. The largest absolute Gasteiger partial charge is 0.314 e. The van der Waals surface area contributed by atoms with Crippen molar-refractivity contribution in [1.29, 1.82) is 0 Å². The van der Waals surface area contributed by atoms with Crippen molar-refractivity contribution in [3.8, 4) is 0 Å². The maximum Gasteiger partial charge on any atom is 0.0162 e. The molecule has 13 heavy (non-hydrogen) atoms. The molecule has 0 spiro atoms. The van der Waals surface area contributed by atoms with Gasteiger partial charge in [-0.25, -0.2) is 0 Å². The van der Waals surface area contributed by atoms with Crippen LogP contribution in [-0.4, -0.2) is 12.6 Å². The summed E-state index contributed by atoms with van der Waals surface area (Å²) in [5.41, 5.74) is 2.91. The van der Waals surface area contributed by atoms with Crippen molar-refractivity contribution in [2.45, 2.75) is 32.7 Å². The smallest absolute Gasteiger partial charge is 0.0162 e. The van der Waals surface area contributed by atoms with Gasteiger partial charge in [-0.3, -0.25) is 0 Å². The molecule has 1 nitrogen and oxygen atoms in total. The molecule has 0 unspecified atom stereocenters. The van der Waals surface area contributed by atoms with Gasteiger partial charge in [-0.05, 0) is 39.8 Å². The van der Waals surface area contributed by atoms with E-state index in [0.717, 1.165) is 6.42 Å². The third-order valence-corrected chi connectivity index (χ3v) is 2.44. The van der Waals surface area contributed by atoms with Gasteiger partial charge in [-0.15, -0.1) is 0 Å². The van der Waals surface area contributed by atoms with Crippen molar-refractivity contribution in [3.63, 3.8) is 0 Å². The lowest BCUT2D eigenvalue weighted by molar-refractivity contribution is 0.422. The Kier molecular flexibility index (Phi) is 3.10. The zero-order chi connectivity index (χ0) is 9.90. The lowest BCUT2D eigenvalue weighted by Crippen LogP contribution is -2.38. The summed E-state index contributed by atoms with van der Waals surface area (Å²) < 4.78 is 0. The molecule has 72 valence electrons. The molecule has 0 aliphatic rings. The second-order valence-corrected chi connectivity index (χ2v) is 4.30. The molecule has 1 heteroatoms. The lowest BCUT2D eigenvalue weighted by Gasteiger charge is -2.24. The van der Waals surface area contributed by atoms with E-state index < -0.39 is 0 Å². The SMILES string of the molecule is CNC(C)(C)Cc1ccc(C)cc1. The highest BCUT2D eigenvalue weighted by Gasteiger charge is 2.14. The Morgan fingerprint density at radius 1 is 1.15 bits per heavy atom. The molecule has 1 N–H and O–H groups in total. The summed E-state index contributed by atoms with van der Waals surface area (Å²) in [5.74, 6) is 0. The first kappa shape index (κ1) is 10.3.